The second kappa shape index (κ2) is 4.60. The van der Waals surface area contributed by atoms with Gasteiger partial charge in [-0.15, -0.1) is 0 Å². The first kappa shape index (κ1) is 11.1. The van der Waals surface area contributed by atoms with E-state index in [1.165, 1.54) is 18.4 Å². The monoisotopic (exact) mass is 218 g/mol. The topological polar surface area (TPSA) is 18.5 Å². The lowest BCUT2D eigenvalue weighted by molar-refractivity contribution is 0.330. The standard InChI is InChI=1S/C14H18O2/c1-3-16-13-7-5-4-6-12(13)14(8-9-14)10-11-15-2/h4-7,10-11H,3,8-9H2,1-2H3. The largest absolute Gasteiger partial charge is 0.505 e. The fourth-order valence-corrected chi connectivity index (χ4v) is 2.02. The van der Waals surface area contributed by atoms with E-state index in [1.54, 1.807) is 13.4 Å². The summed E-state index contributed by atoms with van der Waals surface area (Å²) in [5.41, 5.74) is 1.44. The highest BCUT2D eigenvalue weighted by Gasteiger charge is 2.43. The molecule has 1 aliphatic carbocycles. The maximum absolute atomic E-state index is 5.67. The molecule has 0 unspecified atom stereocenters. The van der Waals surface area contributed by atoms with Crippen LogP contribution in [-0.2, 0) is 10.2 Å². The molecule has 0 spiro atoms. The first-order valence-electron chi connectivity index (χ1n) is 5.75. The van der Waals surface area contributed by atoms with Crippen molar-refractivity contribution < 1.29 is 9.47 Å². The number of methoxy groups -OCH3 is 1. The average molecular weight is 218 g/mol. The first-order valence-corrected chi connectivity index (χ1v) is 5.75. The number of rotatable bonds is 5. The van der Waals surface area contributed by atoms with Gasteiger partial charge in [0.1, 0.15) is 5.75 Å². The van der Waals surface area contributed by atoms with Gasteiger partial charge in [-0.25, -0.2) is 0 Å². The van der Waals surface area contributed by atoms with E-state index in [0.29, 0.717) is 6.61 Å². The molecule has 2 heteroatoms. The molecule has 0 radical (unpaired) electrons. The van der Waals surface area contributed by atoms with Gasteiger partial charge in [0, 0.05) is 11.0 Å². The van der Waals surface area contributed by atoms with E-state index < -0.39 is 0 Å². The van der Waals surface area contributed by atoms with E-state index in [2.05, 4.69) is 18.2 Å². The van der Waals surface area contributed by atoms with Crippen molar-refractivity contribution in [3.63, 3.8) is 0 Å². The molecule has 1 saturated carbocycles. The molecule has 1 aromatic rings. The Morgan fingerprint density at radius 2 is 2.06 bits per heavy atom. The summed E-state index contributed by atoms with van der Waals surface area (Å²) < 4.78 is 10.7. The van der Waals surface area contributed by atoms with Crippen LogP contribution in [0, 0.1) is 0 Å². The molecule has 1 aromatic carbocycles. The first-order chi connectivity index (χ1) is 7.82. The predicted molar refractivity (Wildman–Crippen MR) is 64.7 cm³/mol. The zero-order valence-corrected chi connectivity index (χ0v) is 9.90. The molecule has 0 amide bonds. The third-order valence-corrected chi connectivity index (χ3v) is 3.04. The van der Waals surface area contributed by atoms with Gasteiger partial charge in [-0.1, -0.05) is 18.2 Å². The Bertz CT molecular complexity index is 378. The van der Waals surface area contributed by atoms with E-state index >= 15 is 0 Å². The Balaban J connectivity index is 2.29. The minimum atomic E-state index is 0.155. The van der Waals surface area contributed by atoms with Crippen LogP contribution < -0.4 is 4.74 Å². The van der Waals surface area contributed by atoms with Crippen molar-refractivity contribution >= 4 is 0 Å². The number of hydrogen-bond acceptors (Lipinski definition) is 2. The minimum Gasteiger partial charge on any atom is -0.505 e. The highest BCUT2D eigenvalue weighted by atomic mass is 16.5. The van der Waals surface area contributed by atoms with Gasteiger partial charge in [0.05, 0.1) is 20.0 Å². The SMILES string of the molecule is CCOc1ccccc1C1(C=COC)CC1. The number of ether oxygens (including phenoxy) is 2. The number of para-hydroxylation sites is 1. The normalized spacial score (nSPS) is 17.4. The highest BCUT2D eigenvalue weighted by Crippen LogP contribution is 2.52. The van der Waals surface area contributed by atoms with Crippen LogP contribution in [0.3, 0.4) is 0 Å². The Labute approximate surface area is 96.9 Å². The molecule has 86 valence electrons. The second-order valence-corrected chi connectivity index (χ2v) is 4.12. The Morgan fingerprint density at radius 3 is 2.69 bits per heavy atom. The quantitative estimate of drug-likeness (QED) is 0.706. The van der Waals surface area contributed by atoms with Crippen LogP contribution >= 0.6 is 0 Å². The summed E-state index contributed by atoms with van der Waals surface area (Å²) in [4.78, 5) is 0. The van der Waals surface area contributed by atoms with E-state index in [4.69, 9.17) is 9.47 Å². The summed E-state index contributed by atoms with van der Waals surface area (Å²) in [6.07, 6.45) is 6.27. The zero-order chi connectivity index (χ0) is 11.4. The highest BCUT2D eigenvalue weighted by molar-refractivity contribution is 5.46. The smallest absolute Gasteiger partial charge is 0.123 e. The van der Waals surface area contributed by atoms with Gasteiger partial charge in [-0.3, -0.25) is 0 Å². The molecular formula is C14H18O2. The van der Waals surface area contributed by atoms with E-state index in [0.717, 1.165) is 5.75 Å². The fraction of sp³-hybridized carbons (Fsp3) is 0.429. The van der Waals surface area contributed by atoms with Gasteiger partial charge < -0.3 is 9.47 Å². The fourth-order valence-electron chi connectivity index (χ4n) is 2.02. The third kappa shape index (κ3) is 2.06. The molecule has 0 aromatic heterocycles. The molecule has 16 heavy (non-hydrogen) atoms. The molecule has 0 atom stereocenters. The van der Waals surface area contributed by atoms with Gasteiger partial charge in [0.2, 0.25) is 0 Å². The zero-order valence-electron chi connectivity index (χ0n) is 9.90. The van der Waals surface area contributed by atoms with E-state index in [1.807, 2.05) is 19.1 Å². The summed E-state index contributed by atoms with van der Waals surface area (Å²) in [7, 11) is 1.68. The number of allylic oxidation sites excluding steroid dienone is 1. The summed E-state index contributed by atoms with van der Waals surface area (Å²) in [5.74, 6) is 1.00. The van der Waals surface area contributed by atoms with Crippen molar-refractivity contribution in [1.82, 2.24) is 0 Å². The van der Waals surface area contributed by atoms with Crippen LogP contribution in [0.2, 0.25) is 0 Å². The van der Waals surface area contributed by atoms with Gasteiger partial charge in [-0.2, -0.15) is 0 Å². The van der Waals surface area contributed by atoms with Crippen molar-refractivity contribution in [2.75, 3.05) is 13.7 Å². The third-order valence-electron chi connectivity index (χ3n) is 3.04. The van der Waals surface area contributed by atoms with Crippen LogP contribution in [-0.4, -0.2) is 13.7 Å². The summed E-state index contributed by atoms with van der Waals surface area (Å²) in [5, 5.41) is 0. The van der Waals surface area contributed by atoms with Gasteiger partial charge in [-0.05, 0) is 31.9 Å². The maximum Gasteiger partial charge on any atom is 0.123 e. The molecular weight excluding hydrogens is 200 g/mol. The summed E-state index contributed by atoms with van der Waals surface area (Å²) in [6, 6.07) is 8.28. The van der Waals surface area contributed by atoms with Crippen molar-refractivity contribution in [3.05, 3.63) is 42.2 Å². The maximum atomic E-state index is 5.67. The van der Waals surface area contributed by atoms with Gasteiger partial charge in [0.15, 0.2) is 0 Å². The van der Waals surface area contributed by atoms with Crippen LogP contribution in [0.5, 0.6) is 5.75 Å². The number of hydrogen-bond donors (Lipinski definition) is 0. The summed E-state index contributed by atoms with van der Waals surface area (Å²) in [6.45, 7) is 2.72. The van der Waals surface area contributed by atoms with Crippen LogP contribution in [0.4, 0.5) is 0 Å². The molecule has 2 rings (SSSR count). The molecule has 0 N–H and O–H groups in total. The molecule has 1 fully saturated rings. The lowest BCUT2D eigenvalue weighted by atomic mass is 9.95. The molecule has 0 saturated heterocycles. The Hall–Kier alpha value is -1.44. The van der Waals surface area contributed by atoms with Crippen molar-refractivity contribution in [2.45, 2.75) is 25.2 Å². The van der Waals surface area contributed by atoms with Gasteiger partial charge >= 0.3 is 0 Å². The Morgan fingerprint density at radius 1 is 1.31 bits per heavy atom. The summed E-state index contributed by atoms with van der Waals surface area (Å²) >= 11 is 0. The van der Waals surface area contributed by atoms with Crippen molar-refractivity contribution in [3.8, 4) is 5.75 Å². The second-order valence-electron chi connectivity index (χ2n) is 4.12. The number of benzene rings is 1. The van der Waals surface area contributed by atoms with E-state index in [9.17, 15) is 0 Å². The Kier molecular flexibility index (Phi) is 3.18. The predicted octanol–water partition coefficient (Wildman–Crippen LogP) is 3.28. The molecule has 0 bridgehead atoms. The van der Waals surface area contributed by atoms with Crippen molar-refractivity contribution in [2.24, 2.45) is 0 Å². The molecule has 0 heterocycles. The molecule has 2 nitrogen and oxygen atoms in total. The lowest BCUT2D eigenvalue weighted by Crippen LogP contribution is -2.06. The molecule has 1 aliphatic rings. The average Bonchev–Trinajstić information content (AvgIpc) is 3.09. The minimum absolute atomic E-state index is 0.155. The van der Waals surface area contributed by atoms with Crippen molar-refractivity contribution in [1.29, 1.82) is 0 Å². The van der Waals surface area contributed by atoms with Crippen LogP contribution in [0.25, 0.3) is 0 Å². The molecule has 0 aliphatic heterocycles. The van der Waals surface area contributed by atoms with Crippen LogP contribution in [0.15, 0.2) is 36.6 Å². The van der Waals surface area contributed by atoms with Gasteiger partial charge in [0.25, 0.3) is 0 Å². The van der Waals surface area contributed by atoms with Crippen LogP contribution in [0.1, 0.15) is 25.3 Å². The lowest BCUT2D eigenvalue weighted by Gasteiger charge is -2.15. The van der Waals surface area contributed by atoms with E-state index in [-0.39, 0.29) is 5.41 Å².